The van der Waals surface area contributed by atoms with Crippen molar-refractivity contribution < 1.29 is 13.5 Å². The number of aliphatic hydroxyl groups is 1. The van der Waals surface area contributed by atoms with Crippen molar-refractivity contribution in [2.75, 3.05) is 13.2 Å². The van der Waals surface area contributed by atoms with Crippen LogP contribution in [0.4, 0.5) is 0 Å². The zero-order valence-electron chi connectivity index (χ0n) is 11.7. The minimum atomic E-state index is -3.62. The summed E-state index contributed by atoms with van der Waals surface area (Å²) >= 11 is 6.08. The SMILES string of the molecule is Cc1nn(C)c(Cl)c1S(=O)(=O)N(CCCCO)C1CC1. The molecule has 8 heteroatoms. The number of aromatic nitrogens is 2. The molecular weight excluding hydrogens is 302 g/mol. The molecule has 1 heterocycles. The normalized spacial score (nSPS) is 16.1. The average Bonchev–Trinajstić information content (AvgIpc) is 3.14. The van der Waals surface area contributed by atoms with Crippen molar-refractivity contribution in [3.05, 3.63) is 10.8 Å². The van der Waals surface area contributed by atoms with Gasteiger partial charge in [-0.25, -0.2) is 8.42 Å². The van der Waals surface area contributed by atoms with E-state index >= 15 is 0 Å². The second kappa shape index (κ2) is 6.01. The third-order valence-electron chi connectivity index (χ3n) is 3.41. The third kappa shape index (κ3) is 3.00. The smallest absolute Gasteiger partial charge is 0.248 e. The van der Waals surface area contributed by atoms with Crippen LogP contribution in [0.5, 0.6) is 0 Å². The van der Waals surface area contributed by atoms with E-state index in [0.29, 0.717) is 25.1 Å². The first-order valence-electron chi connectivity index (χ1n) is 6.71. The van der Waals surface area contributed by atoms with Crippen LogP contribution in [0.2, 0.25) is 5.15 Å². The summed E-state index contributed by atoms with van der Waals surface area (Å²) in [5.41, 5.74) is 0.422. The number of hydrogen-bond acceptors (Lipinski definition) is 4. The van der Waals surface area contributed by atoms with Crippen LogP contribution in [0.1, 0.15) is 31.4 Å². The standard InChI is InChI=1S/C12H20ClN3O3S/c1-9-11(12(13)15(2)14-9)20(18,19)16(10-5-6-10)7-3-4-8-17/h10,17H,3-8H2,1-2H3. The summed E-state index contributed by atoms with van der Waals surface area (Å²) in [5.74, 6) is 0. The monoisotopic (exact) mass is 321 g/mol. The number of nitrogens with zero attached hydrogens (tertiary/aromatic N) is 3. The average molecular weight is 322 g/mol. The number of sulfonamides is 1. The van der Waals surface area contributed by atoms with Crippen LogP contribution in [0, 0.1) is 6.92 Å². The van der Waals surface area contributed by atoms with Crippen molar-refractivity contribution in [3.8, 4) is 0 Å². The third-order valence-corrected chi connectivity index (χ3v) is 6.06. The molecule has 1 aromatic rings. The molecular formula is C12H20ClN3O3S. The fraction of sp³-hybridized carbons (Fsp3) is 0.750. The molecule has 0 radical (unpaired) electrons. The summed E-state index contributed by atoms with van der Waals surface area (Å²) < 4.78 is 28.5. The van der Waals surface area contributed by atoms with Gasteiger partial charge in [-0.1, -0.05) is 11.6 Å². The zero-order chi connectivity index (χ0) is 14.9. The number of unbranched alkanes of at least 4 members (excludes halogenated alkanes) is 1. The van der Waals surface area contributed by atoms with Crippen LogP contribution < -0.4 is 0 Å². The highest BCUT2D eigenvalue weighted by Gasteiger charge is 2.40. The minimum Gasteiger partial charge on any atom is -0.396 e. The molecule has 0 aromatic carbocycles. The number of aliphatic hydroxyl groups excluding tert-OH is 1. The Labute approximate surface area is 124 Å². The first kappa shape index (κ1) is 15.8. The van der Waals surface area contributed by atoms with Gasteiger partial charge in [0.2, 0.25) is 10.0 Å². The van der Waals surface area contributed by atoms with E-state index in [1.807, 2.05) is 0 Å². The van der Waals surface area contributed by atoms with Gasteiger partial charge in [-0.3, -0.25) is 4.68 Å². The van der Waals surface area contributed by atoms with E-state index < -0.39 is 10.0 Å². The van der Waals surface area contributed by atoms with E-state index in [4.69, 9.17) is 16.7 Å². The molecule has 1 saturated carbocycles. The van der Waals surface area contributed by atoms with E-state index in [9.17, 15) is 8.42 Å². The maximum atomic E-state index is 12.8. The van der Waals surface area contributed by atoms with Gasteiger partial charge in [0.15, 0.2) is 0 Å². The van der Waals surface area contributed by atoms with Crippen molar-refractivity contribution in [1.29, 1.82) is 0 Å². The molecule has 1 aromatic heterocycles. The maximum absolute atomic E-state index is 12.8. The summed E-state index contributed by atoms with van der Waals surface area (Å²) in [6.07, 6.45) is 3.01. The molecule has 0 amide bonds. The Morgan fingerprint density at radius 3 is 2.55 bits per heavy atom. The fourth-order valence-electron chi connectivity index (χ4n) is 2.26. The molecule has 6 nitrogen and oxygen atoms in total. The van der Waals surface area contributed by atoms with E-state index in [0.717, 1.165) is 12.8 Å². The molecule has 1 N–H and O–H groups in total. The van der Waals surface area contributed by atoms with E-state index in [2.05, 4.69) is 5.10 Å². The van der Waals surface area contributed by atoms with Crippen LogP contribution in [0.15, 0.2) is 4.90 Å². The highest BCUT2D eigenvalue weighted by atomic mass is 35.5. The van der Waals surface area contributed by atoms with Crippen LogP contribution in [-0.2, 0) is 17.1 Å². The van der Waals surface area contributed by atoms with Gasteiger partial charge in [-0.15, -0.1) is 0 Å². The molecule has 0 atom stereocenters. The second-order valence-corrected chi connectivity index (χ2v) is 7.29. The summed E-state index contributed by atoms with van der Waals surface area (Å²) in [4.78, 5) is 0.109. The number of halogens is 1. The van der Waals surface area contributed by atoms with Gasteiger partial charge in [0.25, 0.3) is 0 Å². The molecule has 114 valence electrons. The van der Waals surface area contributed by atoms with Crippen molar-refractivity contribution in [3.63, 3.8) is 0 Å². The predicted molar refractivity (Wildman–Crippen MR) is 76.2 cm³/mol. The number of aryl methyl sites for hydroxylation is 2. The molecule has 1 aliphatic carbocycles. The van der Waals surface area contributed by atoms with Crippen LogP contribution >= 0.6 is 11.6 Å². The molecule has 0 aliphatic heterocycles. The van der Waals surface area contributed by atoms with Crippen molar-refractivity contribution in [1.82, 2.24) is 14.1 Å². The van der Waals surface area contributed by atoms with Crippen molar-refractivity contribution in [2.24, 2.45) is 7.05 Å². The first-order chi connectivity index (χ1) is 9.39. The zero-order valence-corrected chi connectivity index (χ0v) is 13.3. The van der Waals surface area contributed by atoms with E-state index in [-0.39, 0.29) is 22.7 Å². The van der Waals surface area contributed by atoms with E-state index in [1.165, 1.54) is 8.99 Å². The van der Waals surface area contributed by atoms with Crippen LogP contribution in [0.25, 0.3) is 0 Å². The predicted octanol–water partition coefficient (Wildman–Crippen LogP) is 1.31. The molecule has 1 fully saturated rings. The Morgan fingerprint density at radius 2 is 2.10 bits per heavy atom. The highest BCUT2D eigenvalue weighted by molar-refractivity contribution is 7.89. The first-order valence-corrected chi connectivity index (χ1v) is 8.53. The lowest BCUT2D eigenvalue weighted by Gasteiger charge is -2.21. The highest BCUT2D eigenvalue weighted by Crippen LogP contribution is 2.35. The fourth-order valence-corrected chi connectivity index (χ4v) is 4.70. The summed E-state index contributed by atoms with van der Waals surface area (Å²) in [5, 5.41) is 13.1. The molecule has 2 rings (SSSR count). The van der Waals surface area contributed by atoms with Crippen molar-refractivity contribution >= 4 is 21.6 Å². The number of hydrogen-bond donors (Lipinski definition) is 1. The maximum Gasteiger partial charge on any atom is 0.248 e. The lowest BCUT2D eigenvalue weighted by atomic mass is 10.3. The Bertz CT molecular complexity index is 581. The molecule has 20 heavy (non-hydrogen) atoms. The number of rotatable bonds is 7. The lowest BCUT2D eigenvalue weighted by molar-refractivity contribution is 0.275. The van der Waals surface area contributed by atoms with Gasteiger partial charge in [0.05, 0.1) is 5.69 Å². The quantitative estimate of drug-likeness (QED) is 0.768. The minimum absolute atomic E-state index is 0.0642. The van der Waals surface area contributed by atoms with Crippen LogP contribution in [-0.4, -0.2) is 46.8 Å². The second-order valence-electron chi connectivity index (χ2n) is 5.11. The van der Waals surface area contributed by atoms with Gasteiger partial charge >= 0.3 is 0 Å². The topological polar surface area (TPSA) is 75.4 Å². The Morgan fingerprint density at radius 1 is 1.45 bits per heavy atom. The molecule has 0 bridgehead atoms. The Hall–Kier alpha value is -0.630. The van der Waals surface area contributed by atoms with Gasteiger partial charge < -0.3 is 5.11 Å². The molecule has 0 spiro atoms. The van der Waals surface area contributed by atoms with Gasteiger partial charge in [0.1, 0.15) is 10.0 Å². The van der Waals surface area contributed by atoms with Gasteiger partial charge in [-0.2, -0.15) is 9.40 Å². The largest absolute Gasteiger partial charge is 0.396 e. The molecule has 0 saturated heterocycles. The molecule has 0 unspecified atom stereocenters. The van der Waals surface area contributed by atoms with Gasteiger partial charge in [-0.05, 0) is 32.6 Å². The Kier molecular flexibility index (Phi) is 4.73. The van der Waals surface area contributed by atoms with E-state index in [1.54, 1.807) is 14.0 Å². The molecule has 1 aliphatic rings. The summed E-state index contributed by atoms with van der Waals surface area (Å²) in [7, 11) is -2.00. The lowest BCUT2D eigenvalue weighted by Crippen LogP contribution is -2.34. The Balaban J connectivity index is 2.30. The summed E-state index contributed by atoms with van der Waals surface area (Å²) in [6.45, 7) is 2.14. The van der Waals surface area contributed by atoms with Crippen molar-refractivity contribution in [2.45, 2.75) is 43.5 Å². The van der Waals surface area contributed by atoms with Crippen LogP contribution in [0.3, 0.4) is 0 Å². The summed E-state index contributed by atoms with van der Waals surface area (Å²) in [6, 6.07) is 0.0642. The van der Waals surface area contributed by atoms with Gasteiger partial charge in [0, 0.05) is 26.2 Å².